The van der Waals surface area contributed by atoms with Crippen molar-refractivity contribution < 1.29 is 3.80 Å². The van der Waals surface area contributed by atoms with Crippen LogP contribution in [0.4, 0.5) is 0 Å². The molecule has 0 bridgehead atoms. The molecule has 0 spiro atoms. The maximum absolute atomic E-state index is 8.28. The number of nitrogens with zero attached hydrogens (tertiary/aromatic N) is 1. The minimum Gasteiger partial charge on any atom is -0.245 e. The average molecular weight is 179 g/mol. The quantitative estimate of drug-likeness (QED) is 0.574. The fourth-order valence-corrected chi connectivity index (χ4v) is 1.48. The molecule has 1 aromatic carbocycles. The number of hydrogen-bond donors (Lipinski definition) is 0. The number of benzene rings is 1. The van der Waals surface area contributed by atoms with Gasteiger partial charge in [-0.05, 0) is 12.1 Å². The summed E-state index contributed by atoms with van der Waals surface area (Å²) in [5.74, 6) is 0. The third-order valence-electron chi connectivity index (χ3n) is 1.24. The summed E-state index contributed by atoms with van der Waals surface area (Å²) in [6, 6.07) is 8.13. The summed E-state index contributed by atoms with van der Waals surface area (Å²) in [4.78, 5) is 4.14. The first-order valence-corrected chi connectivity index (χ1v) is 4.49. The summed E-state index contributed by atoms with van der Waals surface area (Å²) < 4.78 is 9.54. The monoisotopic (exact) mass is 179 g/mol. The van der Waals surface area contributed by atoms with Crippen molar-refractivity contribution in [2.24, 2.45) is 0 Å². The zero-order chi connectivity index (χ0) is 8.10. The zero-order valence-corrected chi connectivity index (χ0v) is 8.09. The van der Waals surface area contributed by atoms with E-state index in [0.29, 0.717) is 16.2 Å². The van der Waals surface area contributed by atoms with Gasteiger partial charge in [0, 0.05) is 0 Å². The maximum atomic E-state index is 8.28. The summed E-state index contributed by atoms with van der Waals surface area (Å²) in [7, 11) is 0. The first-order chi connectivity index (χ1) is 5.47. The molecule has 11 heavy (non-hydrogen) atoms. The maximum Gasteiger partial charge on any atom is 0.0812 e. The Morgan fingerprint density at radius 3 is 2.73 bits per heavy atom. The summed E-state index contributed by atoms with van der Waals surface area (Å²) in [6.45, 7) is 0. The van der Waals surface area contributed by atoms with Crippen molar-refractivity contribution in [3.05, 3.63) is 29.8 Å². The number of fused-ring (bicyclic) bond motifs is 1. The van der Waals surface area contributed by atoms with Gasteiger partial charge < -0.3 is 0 Å². The van der Waals surface area contributed by atoms with Gasteiger partial charge in [0.1, 0.15) is 0 Å². The Bertz CT molecular complexity index is 305. The minimum absolute atomic E-state index is 0.611. The summed E-state index contributed by atoms with van der Waals surface area (Å²) >= 11 is 2.29. The van der Waals surface area contributed by atoms with Gasteiger partial charge in [0.05, 0.1) is 15.7 Å². The van der Waals surface area contributed by atoms with Gasteiger partial charge in [0.25, 0.3) is 0 Å². The van der Waals surface area contributed by atoms with Crippen molar-refractivity contribution in [1.82, 2.24) is 4.98 Å². The SMILES string of the molecule is [O]=[AlH].c1ccc2scnc2c1. The molecule has 1 heterocycles. The van der Waals surface area contributed by atoms with Crippen LogP contribution < -0.4 is 0 Å². The number of thiazole rings is 1. The van der Waals surface area contributed by atoms with Crippen molar-refractivity contribution in [3.63, 3.8) is 0 Å². The van der Waals surface area contributed by atoms with E-state index in [1.165, 1.54) is 4.70 Å². The molecule has 0 saturated heterocycles. The molecular weight excluding hydrogens is 173 g/mol. The van der Waals surface area contributed by atoms with Gasteiger partial charge >= 0.3 is 20.0 Å². The molecule has 0 aliphatic heterocycles. The minimum atomic E-state index is 0.611. The van der Waals surface area contributed by atoms with Gasteiger partial charge in [-0.1, -0.05) is 12.1 Å². The van der Waals surface area contributed by atoms with Crippen LogP contribution in [0.3, 0.4) is 0 Å². The molecule has 2 nitrogen and oxygen atoms in total. The van der Waals surface area contributed by atoms with Crippen LogP contribution in [0, 0.1) is 0 Å². The van der Waals surface area contributed by atoms with E-state index in [0.717, 1.165) is 5.52 Å². The second-order valence-corrected chi connectivity index (χ2v) is 2.71. The van der Waals surface area contributed by atoms with Gasteiger partial charge in [-0.25, -0.2) is 4.98 Å². The van der Waals surface area contributed by atoms with Crippen LogP contribution in [0.5, 0.6) is 0 Å². The van der Waals surface area contributed by atoms with Crippen LogP contribution >= 0.6 is 11.3 Å². The van der Waals surface area contributed by atoms with Crippen LogP contribution in [0.15, 0.2) is 29.8 Å². The molecule has 0 unspecified atom stereocenters. The second kappa shape index (κ2) is 4.35. The molecule has 0 atom stereocenters. The summed E-state index contributed by atoms with van der Waals surface area (Å²) in [6.07, 6.45) is 0. The molecule has 4 heteroatoms. The van der Waals surface area contributed by atoms with Crippen molar-refractivity contribution >= 4 is 37.8 Å². The van der Waals surface area contributed by atoms with Crippen molar-refractivity contribution in [3.8, 4) is 0 Å². The van der Waals surface area contributed by atoms with E-state index in [1.807, 2.05) is 23.7 Å². The zero-order valence-electron chi connectivity index (χ0n) is 5.86. The number of aromatic nitrogens is 1. The molecule has 0 saturated carbocycles. The smallest absolute Gasteiger partial charge is 0.0812 e. The first-order valence-electron chi connectivity index (χ1n) is 3.04. The second-order valence-electron chi connectivity index (χ2n) is 1.82. The fourth-order valence-electron chi connectivity index (χ4n) is 0.803. The van der Waals surface area contributed by atoms with E-state index < -0.39 is 0 Å². The van der Waals surface area contributed by atoms with Gasteiger partial charge in [-0.15, -0.1) is 11.3 Å². The summed E-state index contributed by atoms with van der Waals surface area (Å²) in [5, 5.41) is 0. The van der Waals surface area contributed by atoms with E-state index in [4.69, 9.17) is 3.80 Å². The molecule has 0 aliphatic rings. The third-order valence-corrected chi connectivity index (χ3v) is 2.05. The topological polar surface area (TPSA) is 30.0 Å². The Labute approximate surface area is 76.5 Å². The number of hydrogen-bond acceptors (Lipinski definition) is 3. The van der Waals surface area contributed by atoms with Gasteiger partial charge in [0.2, 0.25) is 0 Å². The molecule has 2 aromatic rings. The fraction of sp³-hybridized carbons (Fsp3) is 0. The molecular formula is C7H6AlNOS. The molecule has 0 fully saturated rings. The molecule has 0 aliphatic carbocycles. The van der Waals surface area contributed by atoms with E-state index in [2.05, 4.69) is 11.1 Å². The third kappa shape index (κ3) is 1.93. The van der Waals surface area contributed by atoms with Gasteiger partial charge in [-0.3, -0.25) is 0 Å². The Kier molecular flexibility index (Phi) is 3.37. The standard InChI is InChI=1S/C7H5NS.Al.O.H/c1-2-4-7-6(3-1)8-5-9-7;;;/h1-5H;;;. The average Bonchev–Trinajstić information content (AvgIpc) is 2.55. The van der Waals surface area contributed by atoms with Crippen LogP contribution in [-0.2, 0) is 3.80 Å². The molecule has 2 rings (SSSR count). The molecule has 54 valence electrons. The Balaban J connectivity index is 0.000000281. The van der Waals surface area contributed by atoms with Crippen LogP contribution in [0.2, 0.25) is 0 Å². The van der Waals surface area contributed by atoms with E-state index in [1.54, 1.807) is 11.3 Å². The predicted octanol–water partition coefficient (Wildman–Crippen LogP) is 1.53. The van der Waals surface area contributed by atoms with Crippen LogP contribution in [0.1, 0.15) is 0 Å². The number of para-hydroxylation sites is 1. The van der Waals surface area contributed by atoms with Crippen molar-refractivity contribution in [2.75, 3.05) is 0 Å². The molecule has 0 N–H and O–H groups in total. The van der Waals surface area contributed by atoms with E-state index in [-0.39, 0.29) is 0 Å². The predicted molar refractivity (Wildman–Crippen MR) is 47.5 cm³/mol. The molecule has 0 amide bonds. The van der Waals surface area contributed by atoms with Gasteiger partial charge in [0.15, 0.2) is 0 Å². The normalized spacial score (nSPS) is 8.64. The Hall–Kier alpha value is -0.558. The van der Waals surface area contributed by atoms with E-state index in [9.17, 15) is 0 Å². The first kappa shape index (κ1) is 8.54. The van der Waals surface area contributed by atoms with Crippen LogP contribution in [0.25, 0.3) is 10.2 Å². The van der Waals surface area contributed by atoms with Crippen molar-refractivity contribution in [1.29, 1.82) is 0 Å². The van der Waals surface area contributed by atoms with E-state index >= 15 is 0 Å². The van der Waals surface area contributed by atoms with Gasteiger partial charge in [-0.2, -0.15) is 0 Å². The Morgan fingerprint density at radius 2 is 2.00 bits per heavy atom. The largest absolute Gasteiger partial charge is 0.245 e. The van der Waals surface area contributed by atoms with Crippen molar-refractivity contribution in [2.45, 2.75) is 0 Å². The molecule has 1 aromatic heterocycles. The Morgan fingerprint density at radius 1 is 1.27 bits per heavy atom. The van der Waals surface area contributed by atoms with Crippen LogP contribution in [-0.4, -0.2) is 21.2 Å². The summed E-state index contributed by atoms with van der Waals surface area (Å²) in [5.41, 5.74) is 2.97. The molecule has 0 radical (unpaired) electrons. The number of rotatable bonds is 0.